The number of sulfonamides is 1. The van der Waals surface area contributed by atoms with Gasteiger partial charge < -0.3 is 10.1 Å². The van der Waals surface area contributed by atoms with E-state index in [2.05, 4.69) is 5.32 Å². The molecule has 0 fully saturated rings. The summed E-state index contributed by atoms with van der Waals surface area (Å²) in [6.45, 7) is 2.00. The molecule has 0 heterocycles. The van der Waals surface area contributed by atoms with Gasteiger partial charge in [-0.1, -0.05) is 48.5 Å². The number of hydrogen-bond acceptors (Lipinski definition) is 4. The van der Waals surface area contributed by atoms with Gasteiger partial charge in [0.25, 0.3) is 10.0 Å². The third-order valence-electron chi connectivity index (χ3n) is 5.13. The van der Waals surface area contributed by atoms with E-state index in [1.807, 2.05) is 43.3 Å². The minimum atomic E-state index is -3.89. The normalized spacial score (nSPS) is 11.1. The molecule has 0 aliphatic carbocycles. The van der Waals surface area contributed by atoms with Gasteiger partial charge in [0, 0.05) is 6.54 Å². The van der Waals surface area contributed by atoms with Crippen molar-refractivity contribution in [2.24, 2.45) is 0 Å². The van der Waals surface area contributed by atoms with Crippen molar-refractivity contribution in [3.05, 3.63) is 90.0 Å². The first-order valence-electron chi connectivity index (χ1n) is 10.4. The van der Waals surface area contributed by atoms with E-state index in [9.17, 15) is 13.2 Å². The van der Waals surface area contributed by atoms with Crippen LogP contribution in [0.25, 0.3) is 0 Å². The number of nitrogens with one attached hydrogen (secondary N) is 1. The van der Waals surface area contributed by atoms with Gasteiger partial charge in [-0.15, -0.1) is 0 Å². The average Bonchev–Trinajstić information content (AvgIpc) is 2.82. The zero-order valence-electron chi connectivity index (χ0n) is 18.3. The highest BCUT2D eigenvalue weighted by Crippen LogP contribution is 2.26. The predicted octanol–water partition coefficient (Wildman–Crippen LogP) is 3.95. The molecule has 0 radical (unpaired) electrons. The fourth-order valence-electron chi connectivity index (χ4n) is 3.36. The molecule has 0 spiro atoms. The Bertz CT molecular complexity index is 1130. The molecule has 3 aromatic carbocycles. The van der Waals surface area contributed by atoms with Crippen molar-refractivity contribution in [1.82, 2.24) is 5.32 Å². The Kier molecular flexibility index (Phi) is 7.89. The number of anilines is 1. The molecule has 0 unspecified atom stereocenters. The maximum atomic E-state index is 13.3. The van der Waals surface area contributed by atoms with Crippen LogP contribution in [0, 0.1) is 6.92 Å². The van der Waals surface area contributed by atoms with Crippen LogP contribution in [0.15, 0.2) is 83.8 Å². The molecular weight excluding hydrogens is 424 g/mol. The fourth-order valence-corrected chi connectivity index (χ4v) is 4.87. The van der Waals surface area contributed by atoms with Crippen LogP contribution in [-0.2, 0) is 21.2 Å². The first-order valence-corrected chi connectivity index (χ1v) is 11.9. The molecule has 0 aliphatic rings. The summed E-state index contributed by atoms with van der Waals surface area (Å²) < 4.78 is 33.0. The summed E-state index contributed by atoms with van der Waals surface area (Å²) in [5, 5.41) is 2.85. The van der Waals surface area contributed by atoms with Gasteiger partial charge in [-0.05, 0) is 61.2 Å². The Balaban J connectivity index is 1.67. The first kappa shape index (κ1) is 23.3. The molecule has 1 amide bonds. The van der Waals surface area contributed by atoms with Gasteiger partial charge in [0.1, 0.15) is 12.3 Å². The Hall–Kier alpha value is -3.32. The smallest absolute Gasteiger partial charge is 0.264 e. The maximum Gasteiger partial charge on any atom is 0.264 e. The molecule has 1 N–H and O–H groups in total. The van der Waals surface area contributed by atoms with E-state index >= 15 is 0 Å². The number of ether oxygens (including phenoxy) is 1. The molecule has 0 aliphatic heterocycles. The Morgan fingerprint density at radius 1 is 0.938 bits per heavy atom. The molecule has 0 saturated carbocycles. The monoisotopic (exact) mass is 452 g/mol. The van der Waals surface area contributed by atoms with Crippen LogP contribution in [0.2, 0.25) is 0 Å². The number of nitrogens with zero attached hydrogens (tertiary/aromatic N) is 1. The van der Waals surface area contributed by atoms with Crippen LogP contribution < -0.4 is 14.4 Å². The van der Waals surface area contributed by atoms with Crippen molar-refractivity contribution < 1.29 is 17.9 Å². The third kappa shape index (κ3) is 5.88. The lowest BCUT2D eigenvalue weighted by atomic mass is 10.1. The summed E-state index contributed by atoms with van der Waals surface area (Å²) in [6, 6.07) is 23.1. The lowest BCUT2D eigenvalue weighted by Gasteiger charge is -2.25. The maximum absolute atomic E-state index is 13.3. The molecular formula is C25H28N2O4S. The number of carbonyl (C=O) groups excluding carboxylic acids is 1. The standard InChI is InChI=1S/C25H28N2O4S/c1-20-9-6-7-13-24(20)27(32(29,30)23-11-4-3-5-12-23)19-25(28)26-18-8-10-21-14-16-22(31-2)17-15-21/h3-7,9,11-17H,8,10,18-19H2,1-2H3,(H,26,28). The summed E-state index contributed by atoms with van der Waals surface area (Å²) in [6.07, 6.45) is 1.54. The highest BCUT2D eigenvalue weighted by Gasteiger charge is 2.27. The average molecular weight is 453 g/mol. The van der Waals surface area contributed by atoms with Crippen LogP contribution in [0.4, 0.5) is 5.69 Å². The number of hydrogen-bond donors (Lipinski definition) is 1. The first-order chi connectivity index (χ1) is 15.4. The summed E-state index contributed by atoms with van der Waals surface area (Å²) in [5.41, 5.74) is 2.41. The second kappa shape index (κ2) is 10.8. The lowest BCUT2D eigenvalue weighted by molar-refractivity contribution is -0.119. The van der Waals surface area contributed by atoms with Crippen molar-refractivity contribution in [1.29, 1.82) is 0 Å². The van der Waals surface area contributed by atoms with Gasteiger partial charge in [-0.3, -0.25) is 9.10 Å². The summed E-state index contributed by atoms with van der Waals surface area (Å²) in [4.78, 5) is 12.8. The van der Waals surface area contributed by atoms with Gasteiger partial charge in [-0.2, -0.15) is 0 Å². The lowest BCUT2D eigenvalue weighted by Crippen LogP contribution is -2.41. The SMILES string of the molecule is COc1ccc(CCCNC(=O)CN(c2ccccc2C)S(=O)(=O)c2ccccc2)cc1. The van der Waals surface area contributed by atoms with Gasteiger partial charge in [0.05, 0.1) is 17.7 Å². The zero-order chi connectivity index (χ0) is 23.0. The molecule has 3 aromatic rings. The fraction of sp³-hybridized carbons (Fsp3) is 0.240. The number of methoxy groups -OCH3 is 1. The summed E-state index contributed by atoms with van der Waals surface area (Å²) in [7, 11) is -2.26. The molecule has 3 rings (SSSR count). The predicted molar refractivity (Wildman–Crippen MR) is 126 cm³/mol. The Morgan fingerprint density at radius 2 is 1.59 bits per heavy atom. The molecule has 0 atom stereocenters. The minimum absolute atomic E-state index is 0.149. The quantitative estimate of drug-likeness (QED) is 0.473. The van der Waals surface area contributed by atoms with Crippen molar-refractivity contribution in [3.8, 4) is 5.75 Å². The van der Waals surface area contributed by atoms with E-state index in [-0.39, 0.29) is 17.3 Å². The minimum Gasteiger partial charge on any atom is -0.497 e. The number of carbonyl (C=O) groups is 1. The van der Waals surface area contributed by atoms with E-state index < -0.39 is 10.0 Å². The number of amides is 1. The molecule has 7 heteroatoms. The van der Waals surface area contributed by atoms with Crippen molar-refractivity contribution in [2.75, 3.05) is 24.5 Å². The molecule has 32 heavy (non-hydrogen) atoms. The summed E-state index contributed by atoms with van der Waals surface area (Å²) >= 11 is 0. The molecule has 0 saturated heterocycles. The molecule has 0 bridgehead atoms. The highest BCUT2D eigenvalue weighted by atomic mass is 32.2. The summed E-state index contributed by atoms with van der Waals surface area (Å²) in [5.74, 6) is 0.459. The molecule has 0 aromatic heterocycles. The van der Waals surface area contributed by atoms with Crippen LogP contribution in [0.3, 0.4) is 0 Å². The second-order valence-corrected chi connectivity index (χ2v) is 9.28. The number of benzene rings is 3. The van der Waals surface area contributed by atoms with Crippen LogP contribution in [-0.4, -0.2) is 34.5 Å². The zero-order valence-corrected chi connectivity index (χ0v) is 19.1. The van der Waals surface area contributed by atoms with Crippen LogP contribution in [0.5, 0.6) is 5.75 Å². The third-order valence-corrected chi connectivity index (χ3v) is 6.90. The largest absolute Gasteiger partial charge is 0.497 e. The molecule has 6 nitrogen and oxygen atoms in total. The number of para-hydroxylation sites is 1. The molecule has 168 valence electrons. The highest BCUT2D eigenvalue weighted by molar-refractivity contribution is 7.92. The van der Waals surface area contributed by atoms with E-state index in [0.29, 0.717) is 12.2 Å². The van der Waals surface area contributed by atoms with Crippen molar-refractivity contribution in [2.45, 2.75) is 24.7 Å². The Morgan fingerprint density at radius 3 is 2.25 bits per heavy atom. The van der Waals surface area contributed by atoms with Gasteiger partial charge >= 0.3 is 0 Å². The van der Waals surface area contributed by atoms with E-state index in [4.69, 9.17) is 4.74 Å². The topological polar surface area (TPSA) is 75.7 Å². The number of aryl methyl sites for hydroxylation is 2. The van der Waals surface area contributed by atoms with Gasteiger partial charge in [0.15, 0.2) is 0 Å². The second-order valence-electron chi connectivity index (χ2n) is 7.41. The van der Waals surface area contributed by atoms with Crippen molar-refractivity contribution >= 4 is 21.6 Å². The van der Waals surface area contributed by atoms with E-state index in [1.165, 1.54) is 16.4 Å². The van der Waals surface area contributed by atoms with E-state index in [0.717, 1.165) is 29.7 Å². The van der Waals surface area contributed by atoms with Crippen molar-refractivity contribution in [3.63, 3.8) is 0 Å². The van der Waals surface area contributed by atoms with E-state index in [1.54, 1.807) is 37.4 Å². The van der Waals surface area contributed by atoms with Crippen LogP contribution >= 0.6 is 0 Å². The number of rotatable bonds is 10. The Labute approximate surface area is 189 Å². The van der Waals surface area contributed by atoms with Crippen LogP contribution in [0.1, 0.15) is 17.5 Å². The van der Waals surface area contributed by atoms with Gasteiger partial charge in [0.2, 0.25) is 5.91 Å². The van der Waals surface area contributed by atoms with Gasteiger partial charge in [-0.25, -0.2) is 8.42 Å².